The summed E-state index contributed by atoms with van der Waals surface area (Å²) in [5.74, 6) is 0. The highest BCUT2D eigenvalue weighted by molar-refractivity contribution is 6.21. The first-order valence-corrected chi connectivity index (χ1v) is 13.2. The van der Waals surface area contributed by atoms with Crippen LogP contribution in [-0.4, -0.2) is 0 Å². The molecule has 1 heteroatoms. The van der Waals surface area contributed by atoms with Gasteiger partial charge in [0.25, 0.3) is 0 Å². The third-order valence-corrected chi connectivity index (χ3v) is 7.76. The monoisotopic (exact) mass is 476 g/mol. The third kappa shape index (κ3) is 3.93. The van der Waals surface area contributed by atoms with E-state index in [2.05, 4.69) is 133 Å². The van der Waals surface area contributed by atoms with Crippen LogP contribution >= 0.6 is 0 Å². The predicted octanol–water partition coefficient (Wildman–Crippen LogP) is 9.92. The second kappa shape index (κ2) is 9.35. The lowest BCUT2D eigenvalue weighted by Gasteiger charge is -2.18. The zero-order valence-electron chi connectivity index (χ0n) is 20.7. The van der Waals surface area contributed by atoms with Crippen LogP contribution in [0.1, 0.15) is 36.2 Å². The Morgan fingerprint density at radius 1 is 0.378 bits per heavy atom. The molecule has 0 aliphatic carbocycles. The Morgan fingerprint density at radius 2 is 0.757 bits per heavy atom. The van der Waals surface area contributed by atoms with Gasteiger partial charge in [0.15, 0.2) is 0 Å². The van der Waals surface area contributed by atoms with E-state index in [1.807, 2.05) is 0 Å². The maximum atomic E-state index is 6.48. The van der Waals surface area contributed by atoms with Gasteiger partial charge in [-0.25, -0.2) is 0 Å². The molecule has 0 amide bonds. The summed E-state index contributed by atoms with van der Waals surface area (Å²) >= 11 is 0. The van der Waals surface area contributed by atoms with Gasteiger partial charge in [-0.05, 0) is 67.8 Å². The van der Waals surface area contributed by atoms with E-state index >= 15 is 0 Å². The number of hydrogen-bond donors (Lipinski definition) is 0. The van der Waals surface area contributed by atoms with Crippen LogP contribution in [-0.2, 0) is 4.74 Å². The fourth-order valence-electron chi connectivity index (χ4n) is 6.01. The van der Waals surface area contributed by atoms with Crippen LogP contribution in [0.3, 0.4) is 0 Å². The minimum Gasteiger partial charge on any atom is -0.366 e. The average molecular weight is 477 g/mol. The molecule has 1 nitrogen and oxygen atoms in total. The van der Waals surface area contributed by atoms with E-state index < -0.39 is 0 Å². The van der Waals surface area contributed by atoms with Crippen molar-refractivity contribution < 1.29 is 4.74 Å². The lowest BCUT2D eigenvalue weighted by molar-refractivity contribution is 0.0441. The number of rotatable bonds is 4. The summed E-state index contributed by atoms with van der Waals surface area (Å²) in [7, 11) is 0. The second-order valence-electron chi connectivity index (χ2n) is 9.93. The molecule has 1 heterocycles. The summed E-state index contributed by atoms with van der Waals surface area (Å²) in [6.07, 6.45) is 2.45. The minimum atomic E-state index is 0.146. The summed E-state index contributed by atoms with van der Waals surface area (Å²) < 4.78 is 6.48. The van der Waals surface area contributed by atoms with Gasteiger partial charge in [0.05, 0.1) is 12.2 Å². The van der Waals surface area contributed by atoms with Crippen LogP contribution in [0.5, 0.6) is 0 Å². The Balaban J connectivity index is 1.32. The predicted molar refractivity (Wildman–Crippen MR) is 155 cm³/mol. The number of benzene rings is 6. The lowest BCUT2D eigenvalue weighted by atomic mass is 9.86. The first kappa shape index (κ1) is 22.0. The van der Waals surface area contributed by atoms with E-state index in [0.717, 1.165) is 12.8 Å². The molecule has 1 fully saturated rings. The first-order chi connectivity index (χ1) is 18.4. The smallest absolute Gasteiger partial charge is 0.0834 e. The average Bonchev–Trinajstić information content (AvgIpc) is 3.47. The Kier molecular flexibility index (Phi) is 5.57. The molecule has 178 valence electrons. The molecular formula is C36H28O. The van der Waals surface area contributed by atoms with Gasteiger partial charge in [-0.2, -0.15) is 0 Å². The zero-order chi connectivity index (χ0) is 24.6. The van der Waals surface area contributed by atoms with Crippen LogP contribution < -0.4 is 0 Å². The van der Waals surface area contributed by atoms with E-state index in [4.69, 9.17) is 4.74 Å². The van der Waals surface area contributed by atoms with E-state index in [-0.39, 0.29) is 12.2 Å². The third-order valence-electron chi connectivity index (χ3n) is 7.76. The number of fused-ring (bicyclic) bond motifs is 2. The topological polar surface area (TPSA) is 9.23 Å². The van der Waals surface area contributed by atoms with Crippen molar-refractivity contribution in [3.63, 3.8) is 0 Å². The largest absolute Gasteiger partial charge is 0.366 e. The first-order valence-electron chi connectivity index (χ1n) is 13.2. The molecule has 6 aromatic rings. The van der Waals surface area contributed by atoms with E-state index in [9.17, 15) is 0 Å². The molecule has 6 aromatic carbocycles. The highest BCUT2D eigenvalue weighted by Crippen LogP contribution is 2.45. The molecule has 0 radical (unpaired) electrons. The van der Waals surface area contributed by atoms with Gasteiger partial charge in [0.2, 0.25) is 0 Å². The minimum absolute atomic E-state index is 0.146. The zero-order valence-corrected chi connectivity index (χ0v) is 20.7. The van der Waals surface area contributed by atoms with Gasteiger partial charge in [-0.15, -0.1) is 0 Å². The van der Waals surface area contributed by atoms with Gasteiger partial charge in [-0.1, -0.05) is 133 Å². The van der Waals surface area contributed by atoms with E-state index in [0.29, 0.717) is 0 Å². The summed E-state index contributed by atoms with van der Waals surface area (Å²) in [6.45, 7) is 0. The highest BCUT2D eigenvalue weighted by atomic mass is 16.5. The van der Waals surface area contributed by atoms with Crippen molar-refractivity contribution >= 4 is 21.5 Å². The second-order valence-corrected chi connectivity index (χ2v) is 9.93. The van der Waals surface area contributed by atoms with Crippen molar-refractivity contribution in [2.24, 2.45) is 0 Å². The quantitative estimate of drug-likeness (QED) is 0.230. The number of hydrogen-bond acceptors (Lipinski definition) is 1. The molecule has 1 saturated heterocycles. The lowest BCUT2D eigenvalue weighted by Crippen LogP contribution is -1.99. The van der Waals surface area contributed by atoms with Gasteiger partial charge in [0.1, 0.15) is 0 Å². The molecule has 1 aliphatic heterocycles. The molecule has 1 aliphatic rings. The molecule has 0 N–H and O–H groups in total. The number of ether oxygens (including phenoxy) is 1. The van der Waals surface area contributed by atoms with Crippen LogP contribution in [0, 0.1) is 0 Å². The summed E-state index contributed by atoms with van der Waals surface area (Å²) in [4.78, 5) is 0. The Morgan fingerprint density at radius 3 is 1.24 bits per heavy atom. The highest BCUT2D eigenvalue weighted by Gasteiger charge is 2.27. The summed E-state index contributed by atoms with van der Waals surface area (Å²) in [5.41, 5.74) is 7.64. The molecular weight excluding hydrogens is 448 g/mol. The van der Waals surface area contributed by atoms with Crippen molar-refractivity contribution in [2.45, 2.75) is 25.0 Å². The summed E-state index contributed by atoms with van der Waals surface area (Å²) in [5, 5.41) is 5.15. The molecule has 0 spiro atoms. The Hall–Kier alpha value is -4.20. The standard InChI is InChI=1S/C36H28O/c1-3-11-25(12-4-1)33-23-24-34(37-33)26-19-21-28(22-20-26)36-31-17-9-7-15-29(31)35(27-13-5-2-6-14-27)30-16-8-10-18-32(30)36/h1-22,33-34H,23-24H2. The molecule has 37 heavy (non-hydrogen) atoms. The van der Waals surface area contributed by atoms with Crippen LogP contribution in [0.2, 0.25) is 0 Å². The van der Waals surface area contributed by atoms with Crippen LogP contribution in [0.15, 0.2) is 133 Å². The molecule has 7 rings (SSSR count). The maximum Gasteiger partial charge on any atom is 0.0834 e. The molecule has 2 atom stereocenters. The van der Waals surface area contributed by atoms with E-state index in [1.165, 1.54) is 54.9 Å². The van der Waals surface area contributed by atoms with Crippen molar-refractivity contribution in [3.05, 3.63) is 145 Å². The molecule has 0 aromatic heterocycles. The van der Waals surface area contributed by atoms with Gasteiger partial charge in [-0.3, -0.25) is 0 Å². The van der Waals surface area contributed by atoms with Crippen molar-refractivity contribution in [3.8, 4) is 22.3 Å². The SMILES string of the molecule is c1ccc(-c2c3ccccc3c(-c3ccc(C4CCC(c5ccccc5)O4)cc3)c3ccccc23)cc1. The fraction of sp³-hybridized carbons (Fsp3) is 0.111. The van der Waals surface area contributed by atoms with Crippen molar-refractivity contribution in [2.75, 3.05) is 0 Å². The normalized spacial score (nSPS) is 17.4. The van der Waals surface area contributed by atoms with Gasteiger partial charge in [0, 0.05) is 0 Å². The fourth-order valence-corrected chi connectivity index (χ4v) is 6.01. The van der Waals surface area contributed by atoms with E-state index in [1.54, 1.807) is 0 Å². The van der Waals surface area contributed by atoms with Crippen molar-refractivity contribution in [1.29, 1.82) is 0 Å². The summed E-state index contributed by atoms with van der Waals surface area (Å²) in [6, 6.07) is 48.1. The van der Waals surface area contributed by atoms with Crippen molar-refractivity contribution in [1.82, 2.24) is 0 Å². The van der Waals surface area contributed by atoms with Crippen LogP contribution in [0.4, 0.5) is 0 Å². The Labute approximate surface area is 218 Å². The van der Waals surface area contributed by atoms with Gasteiger partial charge >= 0.3 is 0 Å². The Bertz CT molecular complexity index is 1630. The molecule has 2 unspecified atom stereocenters. The van der Waals surface area contributed by atoms with Gasteiger partial charge < -0.3 is 4.74 Å². The molecule has 0 bridgehead atoms. The maximum absolute atomic E-state index is 6.48. The van der Waals surface area contributed by atoms with Crippen LogP contribution in [0.25, 0.3) is 43.8 Å². The molecule has 0 saturated carbocycles.